The lowest BCUT2D eigenvalue weighted by Gasteiger charge is -2.34. The molecule has 0 fully saturated rings. The molecular weight excluding hydrogens is 681 g/mol. The lowest BCUT2D eigenvalue weighted by molar-refractivity contribution is -0.140. The third-order valence-corrected chi connectivity index (χ3v) is 10.5. The van der Waals surface area contributed by atoms with Crippen molar-refractivity contribution in [3.8, 4) is 5.75 Å². The van der Waals surface area contributed by atoms with Crippen molar-refractivity contribution >= 4 is 62.3 Å². The van der Waals surface area contributed by atoms with Gasteiger partial charge < -0.3 is 15.0 Å². The fourth-order valence-electron chi connectivity index (χ4n) is 4.86. The van der Waals surface area contributed by atoms with Crippen molar-refractivity contribution in [2.24, 2.45) is 0 Å². The Morgan fingerprint density at radius 1 is 0.851 bits per heavy atom. The van der Waals surface area contributed by atoms with Gasteiger partial charge in [0.1, 0.15) is 18.3 Å². The van der Waals surface area contributed by atoms with Crippen LogP contribution in [0.2, 0.25) is 15.1 Å². The molecule has 0 bridgehead atoms. The van der Waals surface area contributed by atoms with E-state index in [1.54, 1.807) is 18.2 Å². The number of carbonyl (C=O) groups is 2. The van der Waals surface area contributed by atoms with Crippen molar-refractivity contribution in [2.75, 3.05) is 18.0 Å². The highest BCUT2D eigenvalue weighted by atomic mass is 35.5. The third kappa shape index (κ3) is 9.20. The average Bonchev–Trinajstić information content (AvgIpc) is 3.07. The molecule has 2 amide bonds. The summed E-state index contributed by atoms with van der Waals surface area (Å²) < 4.78 is 34.6. The van der Waals surface area contributed by atoms with Crippen LogP contribution in [0.15, 0.2) is 102 Å². The van der Waals surface area contributed by atoms with Crippen LogP contribution in [0.1, 0.15) is 31.4 Å². The molecule has 0 saturated carbocycles. The maximum absolute atomic E-state index is 14.6. The van der Waals surface area contributed by atoms with E-state index in [2.05, 4.69) is 5.32 Å². The van der Waals surface area contributed by atoms with E-state index in [4.69, 9.17) is 39.5 Å². The smallest absolute Gasteiger partial charge is 0.264 e. The van der Waals surface area contributed by atoms with Gasteiger partial charge in [0.25, 0.3) is 10.0 Å². The number of halogens is 3. The van der Waals surface area contributed by atoms with Crippen molar-refractivity contribution in [1.29, 1.82) is 0 Å². The van der Waals surface area contributed by atoms with Crippen LogP contribution in [0.25, 0.3) is 0 Å². The highest BCUT2D eigenvalue weighted by Crippen LogP contribution is 2.30. The van der Waals surface area contributed by atoms with Gasteiger partial charge in [0.2, 0.25) is 11.8 Å². The minimum Gasteiger partial charge on any atom is -0.497 e. The molecule has 4 rings (SSSR count). The molecule has 8 nitrogen and oxygen atoms in total. The Labute approximate surface area is 291 Å². The summed E-state index contributed by atoms with van der Waals surface area (Å²) in [5.41, 5.74) is 1.44. The number of methoxy groups -OCH3 is 1. The lowest BCUT2D eigenvalue weighted by Crippen LogP contribution is -2.54. The molecule has 0 aliphatic heterocycles. The van der Waals surface area contributed by atoms with Crippen LogP contribution >= 0.6 is 34.8 Å². The fraction of sp³-hybridized carbons (Fsp3) is 0.257. The van der Waals surface area contributed by atoms with Gasteiger partial charge in [-0.25, -0.2) is 8.42 Å². The Balaban J connectivity index is 1.84. The molecule has 0 aromatic heterocycles. The molecule has 2 atom stereocenters. The Bertz CT molecular complexity index is 1750. The zero-order valence-corrected chi connectivity index (χ0v) is 29.3. The second kappa shape index (κ2) is 16.4. The zero-order chi connectivity index (χ0) is 34.1. The van der Waals surface area contributed by atoms with Gasteiger partial charge in [0, 0.05) is 39.6 Å². The topological polar surface area (TPSA) is 96.0 Å². The van der Waals surface area contributed by atoms with E-state index in [1.807, 2.05) is 44.2 Å². The Hall–Kier alpha value is -3.76. The quantitative estimate of drug-likeness (QED) is 0.147. The number of rotatable bonds is 14. The van der Waals surface area contributed by atoms with E-state index in [0.29, 0.717) is 32.8 Å². The Morgan fingerprint density at radius 3 is 2.04 bits per heavy atom. The number of anilines is 1. The largest absolute Gasteiger partial charge is 0.497 e. The second-order valence-corrected chi connectivity index (χ2v) is 14.0. The van der Waals surface area contributed by atoms with Crippen LogP contribution in [-0.2, 0) is 32.6 Å². The van der Waals surface area contributed by atoms with E-state index in [1.165, 1.54) is 60.5 Å². The summed E-state index contributed by atoms with van der Waals surface area (Å²) in [6, 6.07) is 25.0. The first-order chi connectivity index (χ1) is 22.4. The number of ether oxygens (including phenoxy) is 1. The standard InChI is InChI=1S/C35H36Cl3N3O5S/c1-4-24(2)39-35(43)33(21-25-9-6-5-7-10-25)40(22-30-31(37)11-8-12-32(30)38)34(42)23-41(27-15-13-26(36)14-16-27)47(44,45)29-19-17-28(46-3)18-20-29/h5-20,24,33H,4,21-23H2,1-3H3,(H,39,43)/t24-,33-/m1/s1. The SMILES string of the molecule is CC[C@@H](C)NC(=O)[C@@H](Cc1ccccc1)N(Cc1c(Cl)cccc1Cl)C(=O)CN(c1ccc(Cl)cc1)S(=O)(=O)c1ccc(OC)cc1. The molecule has 248 valence electrons. The molecule has 12 heteroatoms. The number of nitrogens with one attached hydrogen (secondary N) is 1. The fourth-order valence-corrected chi connectivity index (χ4v) is 6.92. The Morgan fingerprint density at radius 2 is 1.47 bits per heavy atom. The van der Waals surface area contributed by atoms with Crippen LogP contribution in [0.3, 0.4) is 0 Å². The molecule has 1 N–H and O–H groups in total. The molecule has 0 heterocycles. The summed E-state index contributed by atoms with van der Waals surface area (Å²) in [6.07, 6.45) is 0.821. The van der Waals surface area contributed by atoms with Gasteiger partial charge in [-0.3, -0.25) is 13.9 Å². The zero-order valence-electron chi connectivity index (χ0n) is 26.2. The molecular formula is C35H36Cl3N3O5S. The van der Waals surface area contributed by atoms with Crippen molar-refractivity contribution < 1.29 is 22.7 Å². The number of amides is 2. The number of hydrogen-bond donors (Lipinski definition) is 1. The number of sulfonamides is 1. The van der Waals surface area contributed by atoms with E-state index in [9.17, 15) is 18.0 Å². The van der Waals surface area contributed by atoms with Crippen molar-refractivity contribution in [2.45, 2.75) is 50.2 Å². The monoisotopic (exact) mass is 715 g/mol. The summed E-state index contributed by atoms with van der Waals surface area (Å²) in [4.78, 5) is 29.9. The minimum absolute atomic E-state index is 0.0582. The summed E-state index contributed by atoms with van der Waals surface area (Å²) in [6.45, 7) is 3.02. The van der Waals surface area contributed by atoms with Gasteiger partial charge in [0.15, 0.2) is 0 Å². The number of benzene rings is 4. The number of hydrogen-bond acceptors (Lipinski definition) is 5. The minimum atomic E-state index is -4.30. The summed E-state index contributed by atoms with van der Waals surface area (Å²) >= 11 is 19.3. The highest BCUT2D eigenvalue weighted by molar-refractivity contribution is 7.92. The molecule has 4 aromatic carbocycles. The maximum Gasteiger partial charge on any atom is 0.264 e. The summed E-state index contributed by atoms with van der Waals surface area (Å²) in [7, 11) is -2.83. The molecule has 0 aliphatic rings. The Kier molecular flexibility index (Phi) is 12.6. The number of nitrogens with zero attached hydrogens (tertiary/aromatic N) is 2. The molecule has 0 saturated heterocycles. The van der Waals surface area contributed by atoms with Gasteiger partial charge in [-0.1, -0.05) is 78.1 Å². The highest BCUT2D eigenvalue weighted by Gasteiger charge is 2.35. The van der Waals surface area contributed by atoms with Crippen LogP contribution in [0, 0.1) is 0 Å². The molecule has 0 unspecified atom stereocenters. The van der Waals surface area contributed by atoms with Crippen molar-refractivity contribution in [3.05, 3.63) is 123 Å². The molecule has 0 radical (unpaired) electrons. The first-order valence-electron chi connectivity index (χ1n) is 14.9. The first kappa shape index (κ1) is 36.1. The summed E-state index contributed by atoms with van der Waals surface area (Å²) in [5, 5.41) is 4.00. The second-order valence-electron chi connectivity index (χ2n) is 10.9. The normalized spacial score (nSPS) is 12.6. The lowest BCUT2D eigenvalue weighted by atomic mass is 10.0. The molecule has 4 aromatic rings. The van der Waals surface area contributed by atoms with E-state index >= 15 is 0 Å². The first-order valence-corrected chi connectivity index (χ1v) is 17.5. The van der Waals surface area contributed by atoms with E-state index in [0.717, 1.165) is 9.87 Å². The van der Waals surface area contributed by atoms with E-state index < -0.39 is 34.4 Å². The van der Waals surface area contributed by atoms with Crippen LogP contribution in [-0.4, -0.2) is 50.9 Å². The predicted octanol–water partition coefficient (Wildman–Crippen LogP) is 7.41. The van der Waals surface area contributed by atoms with Crippen LogP contribution in [0.5, 0.6) is 5.75 Å². The van der Waals surface area contributed by atoms with Gasteiger partial charge in [-0.05, 0) is 79.6 Å². The number of carbonyl (C=O) groups excluding carboxylic acids is 2. The maximum atomic E-state index is 14.6. The van der Waals surface area contributed by atoms with Gasteiger partial charge in [-0.15, -0.1) is 0 Å². The van der Waals surface area contributed by atoms with Gasteiger partial charge >= 0.3 is 0 Å². The van der Waals surface area contributed by atoms with E-state index in [-0.39, 0.29) is 29.6 Å². The van der Waals surface area contributed by atoms with Crippen molar-refractivity contribution in [1.82, 2.24) is 10.2 Å². The molecule has 0 spiro atoms. The third-order valence-electron chi connectivity index (χ3n) is 7.70. The van der Waals surface area contributed by atoms with Crippen molar-refractivity contribution in [3.63, 3.8) is 0 Å². The molecule has 0 aliphatic carbocycles. The van der Waals surface area contributed by atoms with Crippen LogP contribution < -0.4 is 14.4 Å². The molecule has 47 heavy (non-hydrogen) atoms. The van der Waals surface area contributed by atoms with Gasteiger partial charge in [-0.2, -0.15) is 0 Å². The van der Waals surface area contributed by atoms with Gasteiger partial charge in [0.05, 0.1) is 17.7 Å². The predicted molar refractivity (Wildman–Crippen MR) is 188 cm³/mol. The van der Waals surface area contributed by atoms with Crippen LogP contribution in [0.4, 0.5) is 5.69 Å². The summed E-state index contributed by atoms with van der Waals surface area (Å²) in [5.74, 6) is -0.569. The average molecular weight is 717 g/mol.